The molecule has 136 valence electrons. The Morgan fingerprint density at radius 2 is 1.77 bits per heavy atom. The quantitative estimate of drug-likeness (QED) is 0.590. The largest absolute Gasteiger partial charge is 0.484 e. The molecule has 0 aliphatic heterocycles. The smallest absolute Gasteiger partial charge is 0.271 e. The zero-order valence-corrected chi connectivity index (χ0v) is 14.5. The Balaban J connectivity index is 1.82. The van der Waals surface area contributed by atoms with Crippen molar-refractivity contribution in [3.63, 3.8) is 0 Å². The summed E-state index contributed by atoms with van der Waals surface area (Å²) in [7, 11) is 0. The van der Waals surface area contributed by atoms with Gasteiger partial charge in [0.1, 0.15) is 11.6 Å². The minimum Gasteiger partial charge on any atom is -0.484 e. The third kappa shape index (κ3) is 6.35. The lowest BCUT2D eigenvalue weighted by Crippen LogP contribution is -2.34. The van der Waals surface area contributed by atoms with Crippen molar-refractivity contribution in [1.29, 1.82) is 0 Å². The van der Waals surface area contributed by atoms with Crippen LogP contribution in [0.15, 0.2) is 53.6 Å². The summed E-state index contributed by atoms with van der Waals surface area (Å²) in [5, 5.41) is 6.59. The van der Waals surface area contributed by atoms with E-state index in [1.54, 1.807) is 24.3 Å². The van der Waals surface area contributed by atoms with Crippen LogP contribution in [0.1, 0.15) is 29.8 Å². The molecule has 0 aliphatic carbocycles. The van der Waals surface area contributed by atoms with Crippen molar-refractivity contribution in [2.75, 3.05) is 6.61 Å². The van der Waals surface area contributed by atoms with E-state index in [2.05, 4.69) is 15.8 Å². The number of nitrogens with one attached hydrogen (secondary N) is 2. The highest BCUT2D eigenvalue weighted by molar-refractivity contribution is 5.94. The summed E-state index contributed by atoms with van der Waals surface area (Å²) in [4.78, 5) is 23.3. The van der Waals surface area contributed by atoms with Gasteiger partial charge in [0.15, 0.2) is 6.61 Å². The van der Waals surface area contributed by atoms with E-state index >= 15 is 0 Å². The molecule has 6 nitrogen and oxygen atoms in total. The van der Waals surface area contributed by atoms with Gasteiger partial charge in [0.2, 0.25) is 0 Å². The van der Waals surface area contributed by atoms with E-state index < -0.39 is 11.7 Å². The number of carbonyl (C=O) groups excluding carboxylic acids is 2. The Kier molecular flexibility index (Phi) is 6.84. The number of rotatable bonds is 7. The Hall–Kier alpha value is -3.22. The molecule has 0 aliphatic rings. The molecular formula is C19H20FN3O3. The van der Waals surface area contributed by atoms with Crippen molar-refractivity contribution in [3.8, 4) is 5.75 Å². The zero-order valence-electron chi connectivity index (χ0n) is 14.5. The molecule has 2 N–H and O–H groups in total. The summed E-state index contributed by atoms with van der Waals surface area (Å²) in [5.74, 6) is -0.475. The number of amides is 2. The first kappa shape index (κ1) is 19.1. The van der Waals surface area contributed by atoms with E-state index in [-0.39, 0.29) is 18.6 Å². The van der Waals surface area contributed by atoms with Crippen LogP contribution in [0.25, 0.3) is 0 Å². The van der Waals surface area contributed by atoms with Crippen LogP contribution in [0.2, 0.25) is 0 Å². The van der Waals surface area contributed by atoms with Crippen molar-refractivity contribution < 1.29 is 18.7 Å². The summed E-state index contributed by atoms with van der Waals surface area (Å²) < 4.78 is 18.2. The number of nitrogens with zero attached hydrogens (tertiary/aromatic N) is 1. The molecule has 2 aromatic carbocycles. The van der Waals surface area contributed by atoms with Gasteiger partial charge in [-0.05, 0) is 67.9 Å². The Bertz CT molecular complexity index is 772. The fourth-order valence-electron chi connectivity index (χ4n) is 1.99. The van der Waals surface area contributed by atoms with Gasteiger partial charge in [-0.1, -0.05) is 0 Å². The molecule has 2 amide bonds. The molecule has 0 bridgehead atoms. The van der Waals surface area contributed by atoms with Crippen LogP contribution < -0.4 is 15.5 Å². The van der Waals surface area contributed by atoms with Crippen molar-refractivity contribution >= 4 is 18.0 Å². The van der Waals surface area contributed by atoms with Crippen LogP contribution in [-0.2, 0) is 4.79 Å². The predicted octanol–water partition coefficient (Wildman–Crippen LogP) is 2.49. The average Bonchev–Trinajstić information content (AvgIpc) is 2.61. The fraction of sp³-hybridized carbons (Fsp3) is 0.211. The fourth-order valence-corrected chi connectivity index (χ4v) is 1.99. The Morgan fingerprint density at radius 3 is 2.38 bits per heavy atom. The summed E-state index contributed by atoms with van der Waals surface area (Å²) in [6.45, 7) is 3.70. The molecule has 0 unspecified atom stereocenters. The zero-order chi connectivity index (χ0) is 18.9. The van der Waals surface area contributed by atoms with Gasteiger partial charge in [-0.3, -0.25) is 9.59 Å². The lowest BCUT2D eigenvalue weighted by atomic mass is 10.2. The standard InChI is InChI=1S/C19H20FN3O3/c1-13(2)22-18(24)12-26-17-9-3-14(4-10-17)11-21-23-19(25)15-5-7-16(20)8-6-15/h3-11,13H,12H2,1-2H3,(H,22,24)(H,23,25)/b21-11+. The lowest BCUT2D eigenvalue weighted by Gasteiger charge is -2.09. The normalized spacial score (nSPS) is 10.8. The molecule has 2 rings (SSSR count). The van der Waals surface area contributed by atoms with Crippen molar-refractivity contribution in [3.05, 3.63) is 65.5 Å². The number of ether oxygens (including phenoxy) is 1. The Labute approximate surface area is 151 Å². The second-order valence-electron chi connectivity index (χ2n) is 5.79. The predicted molar refractivity (Wildman–Crippen MR) is 96.7 cm³/mol. The number of halogens is 1. The van der Waals surface area contributed by atoms with Crippen LogP contribution in [0.4, 0.5) is 4.39 Å². The third-order valence-corrected chi connectivity index (χ3v) is 3.19. The maximum Gasteiger partial charge on any atom is 0.271 e. The van der Waals surface area contributed by atoms with Gasteiger partial charge < -0.3 is 10.1 Å². The minimum absolute atomic E-state index is 0.0562. The van der Waals surface area contributed by atoms with Gasteiger partial charge in [-0.2, -0.15) is 5.10 Å². The topological polar surface area (TPSA) is 79.8 Å². The van der Waals surface area contributed by atoms with Crippen LogP contribution in [-0.4, -0.2) is 30.7 Å². The maximum atomic E-state index is 12.8. The van der Waals surface area contributed by atoms with Crippen LogP contribution >= 0.6 is 0 Å². The van der Waals surface area contributed by atoms with Crippen molar-refractivity contribution in [2.24, 2.45) is 5.10 Å². The SMILES string of the molecule is CC(C)NC(=O)COc1ccc(/C=N/NC(=O)c2ccc(F)cc2)cc1. The molecule has 26 heavy (non-hydrogen) atoms. The monoisotopic (exact) mass is 357 g/mol. The molecule has 0 aromatic heterocycles. The number of hydrogen-bond donors (Lipinski definition) is 2. The number of hydrazone groups is 1. The van der Waals surface area contributed by atoms with Crippen LogP contribution in [0, 0.1) is 5.82 Å². The van der Waals surface area contributed by atoms with Gasteiger partial charge in [-0.25, -0.2) is 9.82 Å². The number of carbonyl (C=O) groups is 2. The first-order valence-corrected chi connectivity index (χ1v) is 8.05. The molecular weight excluding hydrogens is 337 g/mol. The van der Waals surface area contributed by atoms with Gasteiger partial charge in [0, 0.05) is 11.6 Å². The van der Waals surface area contributed by atoms with Gasteiger partial charge >= 0.3 is 0 Å². The second kappa shape index (κ2) is 9.31. The highest BCUT2D eigenvalue weighted by Gasteiger charge is 2.05. The highest BCUT2D eigenvalue weighted by atomic mass is 19.1. The molecule has 0 saturated carbocycles. The van der Waals surface area contributed by atoms with E-state index in [1.165, 1.54) is 30.5 Å². The molecule has 0 heterocycles. The second-order valence-corrected chi connectivity index (χ2v) is 5.79. The van der Waals surface area contributed by atoms with Crippen LogP contribution in [0.3, 0.4) is 0 Å². The first-order chi connectivity index (χ1) is 12.4. The molecule has 0 atom stereocenters. The van der Waals surface area contributed by atoms with E-state index in [0.717, 1.165) is 5.56 Å². The molecule has 0 fully saturated rings. The molecule has 2 aromatic rings. The number of hydrogen-bond acceptors (Lipinski definition) is 4. The van der Waals surface area contributed by atoms with E-state index in [1.807, 2.05) is 13.8 Å². The molecule has 0 radical (unpaired) electrons. The Morgan fingerprint density at radius 1 is 1.12 bits per heavy atom. The van der Waals surface area contributed by atoms with Crippen molar-refractivity contribution in [1.82, 2.24) is 10.7 Å². The van der Waals surface area contributed by atoms with Gasteiger partial charge in [-0.15, -0.1) is 0 Å². The van der Waals surface area contributed by atoms with Gasteiger partial charge in [0.25, 0.3) is 11.8 Å². The summed E-state index contributed by atoms with van der Waals surface area (Å²) in [5.41, 5.74) is 3.41. The lowest BCUT2D eigenvalue weighted by molar-refractivity contribution is -0.123. The highest BCUT2D eigenvalue weighted by Crippen LogP contribution is 2.11. The summed E-state index contributed by atoms with van der Waals surface area (Å²) in [6, 6.07) is 12.1. The van der Waals surface area contributed by atoms with E-state index in [0.29, 0.717) is 11.3 Å². The van der Waals surface area contributed by atoms with Crippen molar-refractivity contribution in [2.45, 2.75) is 19.9 Å². The average molecular weight is 357 g/mol. The maximum absolute atomic E-state index is 12.8. The summed E-state index contributed by atoms with van der Waals surface area (Å²) >= 11 is 0. The molecule has 0 spiro atoms. The first-order valence-electron chi connectivity index (χ1n) is 8.05. The van der Waals surface area contributed by atoms with Gasteiger partial charge in [0.05, 0.1) is 6.21 Å². The summed E-state index contributed by atoms with van der Waals surface area (Å²) in [6.07, 6.45) is 1.47. The number of benzene rings is 2. The van der Waals surface area contributed by atoms with Crippen LogP contribution in [0.5, 0.6) is 5.75 Å². The van der Waals surface area contributed by atoms with E-state index in [9.17, 15) is 14.0 Å². The third-order valence-electron chi connectivity index (χ3n) is 3.19. The molecule has 0 saturated heterocycles. The van der Waals surface area contributed by atoms with E-state index in [4.69, 9.17) is 4.74 Å². The minimum atomic E-state index is -0.433. The molecule has 7 heteroatoms.